The maximum atomic E-state index is 9.52. The number of β-amino-alcohol motifs (C(OH)–C–C–N with tert-alkyl or cyclic N) is 2. The smallest absolute Gasteiger partial charge is 0.0938 e. The molecule has 0 spiro atoms. The van der Waals surface area contributed by atoms with Gasteiger partial charge in [-0.25, -0.2) is 0 Å². The van der Waals surface area contributed by atoms with Crippen molar-refractivity contribution in [2.24, 2.45) is 0 Å². The molecule has 90 valence electrons. The maximum Gasteiger partial charge on any atom is 0.0938 e. The van der Waals surface area contributed by atoms with Gasteiger partial charge in [0.25, 0.3) is 0 Å². The Hall–Kier alpha value is -0.940. The van der Waals surface area contributed by atoms with E-state index in [9.17, 15) is 10.2 Å². The van der Waals surface area contributed by atoms with Gasteiger partial charge in [0.2, 0.25) is 0 Å². The predicted octanol–water partition coefficient (Wildman–Crippen LogP) is 1.44. The first kappa shape index (κ1) is 11.2. The van der Waals surface area contributed by atoms with E-state index in [4.69, 9.17) is 0 Å². The minimum Gasteiger partial charge on any atom is -0.389 e. The number of aliphatic hydroxyl groups is 2. The zero-order valence-electron chi connectivity index (χ0n) is 9.41. The lowest BCUT2D eigenvalue weighted by Gasteiger charge is -2.13. The normalized spacial score (nSPS) is 25.8. The first-order chi connectivity index (χ1) is 8.24. The monoisotopic (exact) mass is 249 g/mol. The van der Waals surface area contributed by atoms with Crippen molar-refractivity contribution >= 4 is 21.4 Å². The van der Waals surface area contributed by atoms with Crippen LogP contribution in [0.5, 0.6) is 0 Å². The maximum absolute atomic E-state index is 9.52. The van der Waals surface area contributed by atoms with Crippen LogP contribution >= 0.6 is 11.3 Å². The van der Waals surface area contributed by atoms with E-state index in [0.29, 0.717) is 13.1 Å². The average molecular weight is 249 g/mol. The Bertz CT molecular complexity index is 515. The number of nitrogens with zero attached hydrogens (tertiary/aromatic N) is 1. The number of aliphatic hydroxyl groups excluding tert-OH is 2. The lowest BCUT2D eigenvalue weighted by molar-refractivity contribution is 0.0572. The molecule has 0 radical (unpaired) electrons. The van der Waals surface area contributed by atoms with Crippen LogP contribution in [0.2, 0.25) is 0 Å². The summed E-state index contributed by atoms with van der Waals surface area (Å²) in [6.07, 6.45) is -1.19. The van der Waals surface area contributed by atoms with E-state index in [-0.39, 0.29) is 0 Å². The third kappa shape index (κ3) is 2.09. The third-order valence-corrected chi connectivity index (χ3v) is 4.30. The second-order valence-corrected chi connectivity index (χ2v) is 5.50. The van der Waals surface area contributed by atoms with Gasteiger partial charge in [0, 0.05) is 24.3 Å². The molecule has 17 heavy (non-hydrogen) atoms. The first-order valence-corrected chi connectivity index (χ1v) is 6.65. The molecular formula is C13H15NO2S. The van der Waals surface area contributed by atoms with Crippen LogP contribution in [-0.4, -0.2) is 40.4 Å². The summed E-state index contributed by atoms with van der Waals surface area (Å²) in [6.45, 7) is 1.93. The van der Waals surface area contributed by atoms with Crippen LogP contribution in [0.15, 0.2) is 29.6 Å². The molecule has 0 bridgehead atoms. The van der Waals surface area contributed by atoms with Crippen molar-refractivity contribution < 1.29 is 10.2 Å². The van der Waals surface area contributed by atoms with Crippen LogP contribution in [0.3, 0.4) is 0 Å². The average Bonchev–Trinajstić information content (AvgIpc) is 2.85. The SMILES string of the molecule is OC1CN(Cc2csc3ccccc23)CC1O. The van der Waals surface area contributed by atoms with Crippen molar-refractivity contribution in [2.45, 2.75) is 18.8 Å². The quantitative estimate of drug-likeness (QED) is 0.846. The third-order valence-electron chi connectivity index (χ3n) is 3.29. The number of thiophene rings is 1. The summed E-state index contributed by atoms with van der Waals surface area (Å²) in [7, 11) is 0. The van der Waals surface area contributed by atoms with Crippen LogP contribution < -0.4 is 0 Å². The highest BCUT2D eigenvalue weighted by molar-refractivity contribution is 7.17. The van der Waals surface area contributed by atoms with Crippen molar-refractivity contribution in [3.05, 3.63) is 35.2 Å². The van der Waals surface area contributed by atoms with Crippen molar-refractivity contribution in [1.82, 2.24) is 4.90 Å². The molecule has 0 aliphatic carbocycles. The number of fused-ring (bicyclic) bond motifs is 1. The fourth-order valence-electron chi connectivity index (χ4n) is 2.37. The summed E-state index contributed by atoms with van der Waals surface area (Å²) < 4.78 is 1.29. The van der Waals surface area contributed by atoms with Gasteiger partial charge in [-0.2, -0.15) is 0 Å². The zero-order chi connectivity index (χ0) is 11.8. The zero-order valence-corrected chi connectivity index (χ0v) is 10.2. The topological polar surface area (TPSA) is 43.7 Å². The number of rotatable bonds is 2. The van der Waals surface area contributed by atoms with Gasteiger partial charge in [0.1, 0.15) is 0 Å². The van der Waals surface area contributed by atoms with Gasteiger partial charge >= 0.3 is 0 Å². The molecule has 1 saturated heterocycles. The molecule has 2 aromatic rings. The largest absolute Gasteiger partial charge is 0.389 e. The van der Waals surface area contributed by atoms with Crippen LogP contribution in [0.4, 0.5) is 0 Å². The van der Waals surface area contributed by atoms with Gasteiger partial charge in [0.05, 0.1) is 12.2 Å². The van der Waals surface area contributed by atoms with E-state index in [1.807, 2.05) is 12.1 Å². The summed E-state index contributed by atoms with van der Waals surface area (Å²) in [6, 6.07) is 8.35. The standard InChI is InChI=1S/C13H15NO2S/c15-11-6-14(7-12(11)16)5-9-8-17-13-4-2-1-3-10(9)13/h1-4,8,11-12,15-16H,5-7H2. The Balaban J connectivity index is 1.81. The van der Waals surface area contributed by atoms with Crippen molar-refractivity contribution in [1.29, 1.82) is 0 Å². The van der Waals surface area contributed by atoms with Crippen molar-refractivity contribution in [3.8, 4) is 0 Å². The molecule has 0 saturated carbocycles. The summed E-state index contributed by atoms with van der Waals surface area (Å²) in [5.74, 6) is 0. The summed E-state index contributed by atoms with van der Waals surface area (Å²) >= 11 is 1.75. The molecular weight excluding hydrogens is 234 g/mol. The molecule has 4 heteroatoms. The van der Waals surface area contributed by atoms with Gasteiger partial charge in [-0.3, -0.25) is 4.90 Å². The second-order valence-electron chi connectivity index (χ2n) is 4.59. The predicted molar refractivity (Wildman–Crippen MR) is 69.1 cm³/mol. The highest BCUT2D eigenvalue weighted by Gasteiger charge is 2.29. The Labute approximate surface area is 104 Å². The van der Waals surface area contributed by atoms with Crippen molar-refractivity contribution in [3.63, 3.8) is 0 Å². The molecule has 3 rings (SSSR count). The van der Waals surface area contributed by atoms with Gasteiger partial charge in [0.15, 0.2) is 0 Å². The van der Waals surface area contributed by atoms with E-state index in [0.717, 1.165) is 6.54 Å². The summed E-state index contributed by atoms with van der Waals surface area (Å²) in [5.41, 5.74) is 1.28. The van der Waals surface area contributed by atoms with E-state index in [1.54, 1.807) is 11.3 Å². The van der Waals surface area contributed by atoms with Crippen molar-refractivity contribution in [2.75, 3.05) is 13.1 Å². The summed E-state index contributed by atoms with van der Waals surface area (Å²) in [5, 5.41) is 22.5. The molecule has 2 heterocycles. The molecule has 1 aromatic heterocycles. The van der Waals surface area contributed by atoms with Gasteiger partial charge in [-0.05, 0) is 22.4 Å². The molecule has 1 aliphatic rings. The van der Waals surface area contributed by atoms with Crippen LogP contribution in [0.1, 0.15) is 5.56 Å². The number of likely N-dealkylation sites (tertiary alicyclic amines) is 1. The fraction of sp³-hybridized carbons (Fsp3) is 0.385. The number of benzene rings is 1. The highest BCUT2D eigenvalue weighted by atomic mass is 32.1. The molecule has 3 nitrogen and oxygen atoms in total. The highest BCUT2D eigenvalue weighted by Crippen LogP contribution is 2.27. The minimum atomic E-state index is -0.597. The Morgan fingerprint density at radius 3 is 2.65 bits per heavy atom. The van der Waals surface area contributed by atoms with E-state index >= 15 is 0 Å². The number of hydrogen-bond donors (Lipinski definition) is 2. The van der Waals surface area contributed by atoms with E-state index in [1.165, 1.54) is 15.6 Å². The molecule has 1 aromatic carbocycles. The molecule has 2 atom stereocenters. The van der Waals surface area contributed by atoms with Gasteiger partial charge < -0.3 is 10.2 Å². The molecule has 2 N–H and O–H groups in total. The lowest BCUT2D eigenvalue weighted by Crippen LogP contribution is -2.22. The van der Waals surface area contributed by atoms with Gasteiger partial charge in [-0.1, -0.05) is 18.2 Å². The van der Waals surface area contributed by atoms with Crippen LogP contribution in [-0.2, 0) is 6.54 Å². The van der Waals surface area contributed by atoms with E-state index in [2.05, 4.69) is 22.4 Å². The molecule has 1 fully saturated rings. The second kappa shape index (κ2) is 4.38. The molecule has 0 amide bonds. The van der Waals surface area contributed by atoms with Crippen LogP contribution in [0, 0.1) is 0 Å². The lowest BCUT2D eigenvalue weighted by atomic mass is 10.2. The Morgan fingerprint density at radius 1 is 1.18 bits per heavy atom. The minimum absolute atomic E-state index is 0.561. The molecule has 2 unspecified atom stereocenters. The number of hydrogen-bond acceptors (Lipinski definition) is 4. The van der Waals surface area contributed by atoms with E-state index < -0.39 is 12.2 Å². The van der Waals surface area contributed by atoms with Gasteiger partial charge in [-0.15, -0.1) is 11.3 Å². The first-order valence-electron chi connectivity index (χ1n) is 5.77. The van der Waals surface area contributed by atoms with Crippen LogP contribution in [0.25, 0.3) is 10.1 Å². The Kier molecular flexibility index (Phi) is 2.88. The summed E-state index contributed by atoms with van der Waals surface area (Å²) in [4.78, 5) is 2.10. The molecule has 1 aliphatic heterocycles. The Morgan fingerprint density at radius 2 is 1.88 bits per heavy atom. The fourth-order valence-corrected chi connectivity index (χ4v) is 3.33.